The molecule has 0 amide bonds. The van der Waals surface area contributed by atoms with Crippen molar-refractivity contribution >= 4 is 17.4 Å². The number of hydrogen-bond donors (Lipinski definition) is 1. The van der Waals surface area contributed by atoms with Crippen LogP contribution < -0.4 is 0 Å². The summed E-state index contributed by atoms with van der Waals surface area (Å²) in [5.41, 5.74) is 4.40. The van der Waals surface area contributed by atoms with E-state index in [9.17, 15) is 9.90 Å². The normalized spacial score (nSPS) is 10.8. The van der Waals surface area contributed by atoms with Gasteiger partial charge in [0.1, 0.15) is 5.75 Å². The van der Waals surface area contributed by atoms with E-state index >= 15 is 0 Å². The average Bonchev–Trinajstić information content (AvgIpc) is 2.83. The monoisotopic (exact) mass is 339 g/mol. The first-order valence-corrected chi connectivity index (χ1v) is 8.07. The van der Waals surface area contributed by atoms with E-state index in [2.05, 4.69) is 0 Å². The van der Waals surface area contributed by atoms with E-state index in [4.69, 9.17) is 11.6 Å². The molecular weight excluding hydrogens is 322 g/mol. The number of phenols is 1. The minimum Gasteiger partial charge on any atom is -0.508 e. The maximum absolute atomic E-state index is 12.8. The van der Waals surface area contributed by atoms with Crippen molar-refractivity contribution in [1.82, 2.24) is 4.57 Å². The number of nitrogens with zero attached hydrogens (tertiary/aromatic N) is 1. The van der Waals surface area contributed by atoms with Gasteiger partial charge in [-0.05, 0) is 60.5 Å². The molecule has 3 rings (SSSR count). The summed E-state index contributed by atoms with van der Waals surface area (Å²) in [7, 11) is 1.91. The number of halogens is 1. The molecule has 0 saturated carbocycles. The zero-order valence-electron chi connectivity index (χ0n) is 13.6. The Morgan fingerprint density at radius 3 is 2.33 bits per heavy atom. The molecule has 1 aromatic heterocycles. The van der Waals surface area contributed by atoms with Crippen molar-refractivity contribution in [3.63, 3.8) is 0 Å². The number of phenolic OH excluding ortho intramolecular Hbond substituents is 1. The van der Waals surface area contributed by atoms with Gasteiger partial charge >= 0.3 is 0 Å². The Morgan fingerprint density at radius 2 is 1.71 bits per heavy atom. The van der Waals surface area contributed by atoms with Crippen LogP contribution in [-0.4, -0.2) is 15.5 Å². The number of aromatic nitrogens is 1. The number of aryl methyl sites for hydroxylation is 1. The van der Waals surface area contributed by atoms with Gasteiger partial charge in [0.25, 0.3) is 0 Å². The lowest BCUT2D eigenvalue weighted by molar-refractivity contribution is 0.103. The average molecular weight is 340 g/mol. The van der Waals surface area contributed by atoms with E-state index in [0.717, 1.165) is 16.8 Å². The molecule has 0 aliphatic heterocycles. The molecule has 122 valence electrons. The first-order valence-electron chi connectivity index (χ1n) is 7.69. The van der Waals surface area contributed by atoms with Gasteiger partial charge in [-0.15, -0.1) is 0 Å². The fraction of sp³-hybridized carbons (Fsp3) is 0.150. The number of carbonyl (C=O) groups excluding carboxylic acids is 1. The highest BCUT2D eigenvalue weighted by Crippen LogP contribution is 2.22. The van der Waals surface area contributed by atoms with Crippen molar-refractivity contribution in [2.24, 2.45) is 7.05 Å². The number of benzene rings is 2. The summed E-state index contributed by atoms with van der Waals surface area (Å²) in [6, 6.07) is 16.1. The summed E-state index contributed by atoms with van der Waals surface area (Å²) in [5, 5.41) is 10.00. The van der Waals surface area contributed by atoms with E-state index in [1.165, 1.54) is 0 Å². The first kappa shape index (κ1) is 16.3. The smallest absolute Gasteiger partial charge is 0.209 e. The fourth-order valence-corrected chi connectivity index (χ4v) is 3.01. The van der Waals surface area contributed by atoms with Gasteiger partial charge in [0.2, 0.25) is 5.78 Å². The quantitative estimate of drug-likeness (QED) is 0.710. The Hall–Kier alpha value is -2.52. The van der Waals surface area contributed by atoms with Gasteiger partial charge in [-0.1, -0.05) is 23.7 Å². The summed E-state index contributed by atoms with van der Waals surface area (Å²) in [6.45, 7) is 1.95. The maximum Gasteiger partial charge on any atom is 0.209 e. The predicted molar refractivity (Wildman–Crippen MR) is 95.9 cm³/mol. The van der Waals surface area contributed by atoms with Crippen LogP contribution in [0.3, 0.4) is 0 Å². The third-order valence-corrected chi connectivity index (χ3v) is 4.42. The molecule has 3 aromatic rings. The highest BCUT2D eigenvalue weighted by atomic mass is 35.5. The predicted octanol–water partition coefficient (Wildman–Crippen LogP) is 4.51. The second kappa shape index (κ2) is 6.54. The number of aromatic hydroxyl groups is 1. The summed E-state index contributed by atoms with van der Waals surface area (Å²) >= 11 is 5.90. The lowest BCUT2D eigenvalue weighted by Gasteiger charge is -2.08. The van der Waals surface area contributed by atoms with E-state index in [0.29, 0.717) is 22.7 Å². The second-order valence-electron chi connectivity index (χ2n) is 5.91. The van der Waals surface area contributed by atoms with Crippen LogP contribution in [0.4, 0.5) is 0 Å². The first-order chi connectivity index (χ1) is 11.5. The Morgan fingerprint density at radius 1 is 1.08 bits per heavy atom. The van der Waals surface area contributed by atoms with Crippen molar-refractivity contribution in [2.45, 2.75) is 13.3 Å². The Bertz CT molecular complexity index is 877. The minimum absolute atomic E-state index is 0.0105. The van der Waals surface area contributed by atoms with E-state index in [1.807, 2.05) is 36.7 Å². The highest BCUT2D eigenvalue weighted by Gasteiger charge is 2.18. The van der Waals surface area contributed by atoms with Gasteiger partial charge in [0.05, 0.1) is 5.69 Å². The molecule has 0 aliphatic carbocycles. The number of hydrogen-bond acceptors (Lipinski definition) is 2. The van der Waals surface area contributed by atoms with Gasteiger partial charge in [-0.25, -0.2) is 0 Å². The zero-order chi connectivity index (χ0) is 17.3. The third-order valence-electron chi connectivity index (χ3n) is 4.17. The van der Waals surface area contributed by atoms with Crippen LogP contribution in [-0.2, 0) is 13.5 Å². The van der Waals surface area contributed by atoms with Crippen molar-refractivity contribution < 1.29 is 9.90 Å². The van der Waals surface area contributed by atoms with Gasteiger partial charge in [0.15, 0.2) is 0 Å². The number of ketones is 1. The molecule has 0 spiro atoms. The van der Waals surface area contributed by atoms with Crippen LogP contribution in [0.25, 0.3) is 0 Å². The van der Waals surface area contributed by atoms with Gasteiger partial charge < -0.3 is 9.67 Å². The molecule has 1 N–H and O–H groups in total. The highest BCUT2D eigenvalue weighted by molar-refractivity contribution is 6.30. The Kier molecular flexibility index (Phi) is 4.45. The maximum atomic E-state index is 12.8. The molecule has 24 heavy (non-hydrogen) atoms. The molecule has 4 heteroatoms. The molecule has 2 aromatic carbocycles. The standard InChI is InChI=1S/C20H18ClNO2/c1-13-11-17(12-14-3-9-18(23)10-4-14)22(2)19(13)20(24)15-5-7-16(21)8-6-15/h3-11,23H,12H2,1-2H3. The molecule has 0 radical (unpaired) electrons. The van der Waals surface area contributed by atoms with Crippen LogP contribution >= 0.6 is 11.6 Å². The lowest BCUT2D eigenvalue weighted by atomic mass is 10.1. The molecule has 0 fully saturated rings. The molecule has 0 aliphatic rings. The van der Waals surface area contributed by atoms with Crippen molar-refractivity contribution in [3.8, 4) is 5.75 Å². The van der Waals surface area contributed by atoms with Crippen LogP contribution in [0.1, 0.15) is 32.9 Å². The molecule has 0 bridgehead atoms. The molecule has 0 atom stereocenters. The molecular formula is C20H18ClNO2. The van der Waals surface area contributed by atoms with E-state index in [1.54, 1.807) is 36.4 Å². The minimum atomic E-state index is -0.0105. The molecule has 3 nitrogen and oxygen atoms in total. The second-order valence-corrected chi connectivity index (χ2v) is 6.34. The van der Waals surface area contributed by atoms with E-state index in [-0.39, 0.29) is 11.5 Å². The summed E-state index contributed by atoms with van der Waals surface area (Å²) < 4.78 is 1.94. The van der Waals surface area contributed by atoms with E-state index < -0.39 is 0 Å². The van der Waals surface area contributed by atoms with Gasteiger partial charge in [-0.2, -0.15) is 0 Å². The zero-order valence-corrected chi connectivity index (χ0v) is 14.3. The topological polar surface area (TPSA) is 42.2 Å². The van der Waals surface area contributed by atoms with Gasteiger partial charge in [-0.3, -0.25) is 4.79 Å². The largest absolute Gasteiger partial charge is 0.508 e. The van der Waals surface area contributed by atoms with Crippen LogP contribution in [0, 0.1) is 6.92 Å². The van der Waals surface area contributed by atoms with Crippen LogP contribution in [0.2, 0.25) is 5.02 Å². The molecule has 0 unspecified atom stereocenters. The summed E-state index contributed by atoms with van der Waals surface area (Å²) in [6.07, 6.45) is 0.700. The summed E-state index contributed by atoms with van der Waals surface area (Å²) in [4.78, 5) is 12.8. The molecule has 1 heterocycles. The SMILES string of the molecule is Cc1cc(Cc2ccc(O)cc2)n(C)c1C(=O)c1ccc(Cl)cc1. The molecule has 0 saturated heterocycles. The van der Waals surface area contributed by atoms with Crippen LogP contribution in [0.5, 0.6) is 5.75 Å². The number of carbonyl (C=O) groups is 1. The van der Waals surface area contributed by atoms with Gasteiger partial charge in [0, 0.05) is 29.7 Å². The summed E-state index contributed by atoms with van der Waals surface area (Å²) in [5.74, 6) is 0.240. The third kappa shape index (κ3) is 3.22. The fourth-order valence-electron chi connectivity index (χ4n) is 2.89. The van der Waals surface area contributed by atoms with Crippen molar-refractivity contribution in [2.75, 3.05) is 0 Å². The van der Waals surface area contributed by atoms with Crippen molar-refractivity contribution in [3.05, 3.63) is 87.7 Å². The Balaban J connectivity index is 1.92. The van der Waals surface area contributed by atoms with Crippen LogP contribution in [0.15, 0.2) is 54.6 Å². The number of rotatable bonds is 4. The Labute approximate surface area is 146 Å². The lowest BCUT2D eigenvalue weighted by Crippen LogP contribution is -2.10. The van der Waals surface area contributed by atoms with Crippen molar-refractivity contribution in [1.29, 1.82) is 0 Å².